The van der Waals surface area contributed by atoms with Crippen LogP contribution in [-0.2, 0) is 23.8 Å². The summed E-state index contributed by atoms with van der Waals surface area (Å²) in [6.07, 6.45) is 5.09. The second-order valence-corrected chi connectivity index (χ2v) is 8.20. The molecule has 0 bridgehead atoms. The number of hydrogen-bond acceptors (Lipinski definition) is 8. The molecule has 2 fully saturated rings. The van der Waals surface area contributed by atoms with Crippen LogP contribution < -0.4 is 15.5 Å². The zero-order chi connectivity index (χ0) is 23.0. The Labute approximate surface area is 189 Å². The van der Waals surface area contributed by atoms with Crippen molar-refractivity contribution < 1.29 is 33.3 Å². The molecule has 3 atom stereocenters. The normalized spacial score (nSPS) is 24.6. The molecule has 9 nitrogen and oxygen atoms in total. The van der Waals surface area contributed by atoms with Gasteiger partial charge in [0.2, 0.25) is 6.29 Å². The second-order valence-electron chi connectivity index (χ2n) is 8.20. The van der Waals surface area contributed by atoms with Crippen LogP contribution in [-0.4, -0.2) is 44.1 Å². The lowest BCUT2D eigenvalue weighted by molar-refractivity contribution is -0.208. The fourth-order valence-electron chi connectivity index (χ4n) is 3.59. The lowest BCUT2D eigenvalue weighted by Crippen LogP contribution is -2.31. The Bertz CT molecular complexity index is 766. The van der Waals surface area contributed by atoms with E-state index in [1.807, 2.05) is 13.8 Å². The number of amides is 1. The van der Waals surface area contributed by atoms with E-state index < -0.39 is 24.3 Å². The third-order valence-electron chi connectivity index (χ3n) is 5.15. The molecule has 0 aromatic heterocycles. The molecule has 0 radical (unpaired) electrons. The summed E-state index contributed by atoms with van der Waals surface area (Å²) in [4.78, 5) is 17.0. The van der Waals surface area contributed by atoms with Gasteiger partial charge in [-0.3, -0.25) is 5.32 Å². The monoisotopic (exact) mass is 450 g/mol. The summed E-state index contributed by atoms with van der Waals surface area (Å²) in [5.41, 5.74) is 3.08. The van der Waals surface area contributed by atoms with Gasteiger partial charge in [-0.05, 0) is 44.5 Å². The topological polar surface area (TPSA) is 96.5 Å². The van der Waals surface area contributed by atoms with Crippen LogP contribution in [0.1, 0.15) is 52.9 Å². The summed E-state index contributed by atoms with van der Waals surface area (Å²) in [7, 11) is 1.58. The van der Waals surface area contributed by atoms with Crippen LogP contribution in [0.15, 0.2) is 36.2 Å². The Balaban J connectivity index is 1.48. The molecular weight excluding hydrogens is 416 g/mol. The van der Waals surface area contributed by atoms with Gasteiger partial charge in [0.05, 0.1) is 19.9 Å². The molecule has 32 heavy (non-hydrogen) atoms. The largest absolute Gasteiger partial charge is 0.497 e. The first-order valence-electron chi connectivity index (χ1n) is 11.1. The van der Waals surface area contributed by atoms with Crippen molar-refractivity contribution in [1.29, 1.82) is 0 Å². The zero-order valence-corrected chi connectivity index (χ0v) is 19.2. The molecule has 0 spiro atoms. The number of rotatable bonds is 11. The van der Waals surface area contributed by atoms with Crippen molar-refractivity contribution >= 4 is 11.8 Å². The van der Waals surface area contributed by atoms with Gasteiger partial charge in [0.1, 0.15) is 5.75 Å². The maximum Gasteiger partial charge on any atom is 0.435 e. The molecule has 2 N–H and O–H groups in total. The predicted molar refractivity (Wildman–Crippen MR) is 118 cm³/mol. The summed E-state index contributed by atoms with van der Waals surface area (Å²) in [6.45, 7) is 6.47. The molecule has 1 aromatic rings. The molecule has 2 aliphatic heterocycles. The average Bonchev–Trinajstić information content (AvgIpc) is 3.24. The maximum absolute atomic E-state index is 12.0. The summed E-state index contributed by atoms with van der Waals surface area (Å²) in [6, 6.07) is 6.89. The van der Waals surface area contributed by atoms with E-state index in [4.69, 9.17) is 28.5 Å². The molecule has 2 heterocycles. The minimum absolute atomic E-state index is 0.387. The number of hydrogen-bond donors (Lipinski definition) is 2. The highest BCUT2D eigenvalue weighted by Gasteiger charge is 2.54. The number of nitrogens with one attached hydrogen (secondary N) is 2. The third-order valence-corrected chi connectivity index (χ3v) is 5.15. The molecule has 0 aliphatic carbocycles. The number of anilines is 1. The van der Waals surface area contributed by atoms with Gasteiger partial charge in [-0.25, -0.2) is 10.3 Å². The summed E-state index contributed by atoms with van der Waals surface area (Å²) in [5, 5.41) is 2.61. The average molecular weight is 451 g/mol. The van der Waals surface area contributed by atoms with Crippen LogP contribution in [0.2, 0.25) is 0 Å². The molecule has 0 unspecified atom stereocenters. The zero-order valence-electron chi connectivity index (χ0n) is 19.2. The highest BCUT2D eigenvalue weighted by atomic mass is 16.8. The van der Waals surface area contributed by atoms with Crippen LogP contribution in [0.5, 0.6) is 5.75 Å². The molecular formula is C23H34N2O7. The van der Waals surface area contributed by atoms with Gasteiger partial charge in [0.15, 0.2) is 23.8 Å². The quantitative estimate of drug-likeness (QED) is 0.377. The lowest BCUT2D eigenvalue weighted by atomic mass is 10.2. The van der Waals surface area contributed by atoms with Crippen LogP contribution in [0.4, 0.5) is 10.5 Å². The molecule has 178 valence electrons. The SMILES string of the molecule is CCCCCCCO[C@H]1OC(=CNOC(=O)Nc2ccc(OC)cc2)[C@@H]2OC(C)(C)O[C@H]12. The van der Waals surface area contributed by atoms with Gasteiger partial charge >= 0.3 is 6.09 Å². The molecule has 9 heteroatoms. The number of fused-ring (bicyclic) bond motifs is 1. The van der Waals surface area contributed by atoms with Gasteiger partial charge < -0.3 is 28.5 Å². The smallest absolute Gasteiger partial charge is 0.435 e. The minimum atomic E-state index is -0.756. The van der Waals surface area contributed by atoms with Gasteiger partial charge in [0, 0.05) is 5.69 Å². The predicted octanol–water partition coefficient (Wildman–Crippen LogP) is 4.45. The van der Waals surface area contributed by atoms with E-state index in [2.05, 4.69) is 17.7 Å². The van der Waals surface area contributed by atoms with Crippen molar-refractivity contribution in [3.63, 3.8) is 0 Å². The van der Waals surface area contributed by atoms with Gasteiger partial charge in [-0.15, -0.1) is 0 Å². The third kappa shape index (κ3) is 6.75. The van der Waals surface area contributed by atoms with Crippen LogP contribution in [0.3, 0.4) is 0 Å². The van der Waals surface area contributed by atoms with Crippen molar-refractivity contribution in [2.45, 2.75) is 77.2 Å². The van der Waals surface area contributed by atoms with Gasteiger partial charge in [-0.1, -0.05) is 32.6 Å². The fourth-order valence-corrected chi connectivity index (χ4v) is 3.59. The first-order valence-corrected chi connectivity index (χ1v) is 11.1. The van der Waals surface area contributed by atoms with E-state index in [0.29, 0.717) is 23.8 Å². The highest BCUT2D eigenvalue weighted by molar-refractivity contribution is 5.84. The number of unbranched alkanes of at least 4 members (excludes halogenated alkanes) is 4. The molecule has 0 saturated carbocycles. The van der Waals surface area contributed by atoms with Crippen LogP contribution >= 0.6 is 0 Å². The second kappa shape index (κ2) is 11.4. The van der Waals surface area contributed by atoms with E-state index in [9.17, 15) is 4.79 Å². The number of methoxy groups -OCH3 is 1. The summed E-state index contributed by atoms with van der Waals surface area (Å²) in [5.74, 6) is 0.390. The van der Waals surface area contributed by atoms with Crippen molar-refractivity contribution in [2.75, 3.05) is 19.0 Å². The summed E-state index contributed by atoms with van der Waals surface area (Å²) < 4.78 is 28.8. The molecule has 2 aliphatic rings. The first-order chi connectivity index (χ1) is 15.4. The van der Waals surface area contributed by atoms with Crippen molar-refractivity contribution in [2.24, 2.45) is 0 Å². The number of hydroxylamine groups is 1. The van der Waals surface area contributed by atoms with Crippen molar-refractivity contribution in [1.82, 2.24) is 5.48 Å². The van der Waals surface area contributed by atoms with Gasteiger partial charge in [0.25, 0.3) is 0 Å². The minimum Gasteiger partial charge on any atom is -0.497 e. The Hall–Kier alpha value is -2.49. The van der Waals surface area contributed by atoms with E-state index >= 15 is 0 Å². The highest BCUT2D eigenvalue weighted by Crippen LogP contribution is 2.40. The standard InChI is InChI=1S/C23H34N2O7/c1-5-6-7-8-9-14-28-21-20-19(30-23(2,3)31-20)18(29-21)15-24-32-22(26)25-16-10-12-17(27-4)13-11-16/h10-13,15,19-21,24H,5-9,14H2,1-4H3,(H,25,26)/t19-,20-,21-/m0/s1. The van der Waals surface area contributed by atoms with E-state index in [0.717, 1.165) is 12.8 Å². The Morgan fingerprint density at radius 2 is 1.88 bits per heavy atom. The molecule has 2 saturated heterocycles. The first kappa shape index (κ1) is 24.2. The van der Waals surface area contributed by atoms with Crippen molar-refractivity contribution in [3.8, 4) is 5.75 Å². The maximum atomic E-state index is 12.0. The summed E-state index contributed by atoms with van der Waals surface area (Å²) >= 11 is 0. The van der Waals surface area contributed by atoms with Crippen molar-refractivity contribution in [3.05, 3.63) is 36.2 Å². The Kier molecular flexibility index (Phi) is 8.60. The molecule has 3 rings (SSSR count). The van der Waals surface area contributed by atoms with Crippen LogP contribution in [0, 0.1) is 0 Å². The van der Waals surface area contributed by atoms with E-state index in [1.165, 1.54) is 25.5 Å². The number of ether oxygens (including phenoxy) is 5. The number of benzene rings is 1. The van der Waals surface area contributed by atoms with Crippen LogP contribution in [0.25, 0.3) is 0 Å². The Morgan fingerprint density at radius 1 is 1.12 bits per heavy atom. The van der Waals surface area contributed by atoms with Gasteiger partial charge in [-0.2, -0.15) is 0 Å². The number of carbonyl (C=O) groups is 1. The van der Waals surface area contributed by atoms with E-state index in [-0.39, 0.29) is 6.10 Å². The van der Waals surface area contributed by atoms with E-state index in [1.54, 1.807) is 31.4 Å². The fraction of sp³-hybridized carbons (Fsp3) is 0.609. The molecule has 1 amide bonds. The number of carbonyl (C=O) groups excluding carboxylic acids is 1. The molecule has 1 aromatic carbocycles. The lowest BCUT2D eigenvalue weighted by Gasteiger charge is -2.22. The Morgan fingerprint density at radius 3 is 2.59 bits per heavy atom.